The van der Waals surface area contributed by atoms with Crippen LogP contribution < -0.4 is 0 Å². The molecule has 0 radical (unpaired) electrons. The van der Waals surface area contributed by atoms with Gasteiger partial charge in [-0.1, -0.05) is 36.4 Å². The zero-order chi connectivity index (χ0) is 23.5. The van der Waals surface area contributed by atoms with E-state index in [1.165, 1.54) is 41.0 Å². The molecule has 0 atom stereocenters. The minimum atomic E-state index is -0.914. The van der Waals surface area contributed by atoms with Gasteiger partial charge >= 0.3 is 0 Å². The summed E-state index contributed by atoms with van der Waals surface area (Å²) in [4.78, 5) is 34.7. The lowest BCUT2D eigenvalue weighted by atomic mass is 10.1. The second kappa shape index (κ2) is 8.71. The van der Waals surface area contributed by atoms with E-state index in [0.29, 0.717) is 5.39 Å². The number of non-ortho nitro benzene ring substituents is 1. The van der Waals surface area contributed by atoms with Gasteiger partial charge in [-0.2, -0.15) is 0 Å². The van der Waals surface area contributed by atoms with Crippen LogP contribution >= 0.6 is 0 Å². The highest BCUT2D eigenvalue weighted by atomic mass is 16.6. The summed E-state index contributed by atoms with van der Waals surface area (Å²) >= 11 is 0. The van der Waals surface area contributed by atoms with Gasteiger partial charge < -0.3 is 10.2 Å². The number of rotatable bonds is 5. The average molecular weight is 444 g/mol. The second-order valence-corrected chi connectivity index (χ2v) is 7.10. The zero-order valence-electron chi connectivity index (χ0n) is 17.0. The highest BCUT2D eigenvalue weighted by Crippen LogP contribution is 2.37. The predicted molar refractivity (Wildman–Crippen MR) is 117 cm³/mol. The molecule has 33 heavy (non-hydrogen) atoms. The van der Waals surface area contributed by atoms with Crippen molar-refractivity contribution in [3.63, 3.8) is 0 Å². The highest BCUT2D eigenvalue weighted by molar-refractivity contribution is 6.03. The third-order valence-electron chi connectivity index (χ3n) is 4.98. The van der Waals surface area contributed by atoms with E-state index in [1.54, 1.807) is 0 Å². The standard InChI is InChI=1S/C23H16N4O6/c28-20(15-7-4-8-17(11-15)27(32)33)24-25-21(29)16-9-10-18-19(12-16)23(31)26(22(18)30)13-14-5-2-1-3-6-14/h1-12,30-31H,13H2. The third-order valence-corrected chi connectivity index (χ3v) is 4.98. The lowest BCUT2D eigenvalue weighted by Crippen LogP contribution is -1.99. The van der Waals surface area contributed by atoms with Gasteiger partial charge in [-0.25, -0.2) is 0 Å². The molecule has 4 rings (SSSR count). The number of aromatic hydroxyl groups is 2. The summed E-state index contributed by atoms with van der Waals surface area (Å²) in [6.07, 6.45) is 0. The fourth-order valence-electron chi connectivity index (χ4n) is 3.32. The summed E-state index contributed by atoms with van der Waals surface area (Å²) in [7, 11) is 0. The van der Waals surface area contributed by atoms with Crippen molar-refractivity contribution >= 4 is 28.3 Å². The van der Waals surface area contributed by atoms with Crippen LogP contribution in [-0.4, -0.2) is 31.5 Å². The van der Waals surface area contributed by atoms with E-state index in [1.807, 2.05) is 30.3 Å². The van der Waals surface area contributed by atoms with Crippen molar-refractivity contribution in [1.29, 1.82) is 0 Å². The van der Waals surface area contributed by atoms with E-state index in [4.69, 9.17) is 0 Å². The van der Waals surface area contributed by atoms with Crippen LogP contribution in [0.15, 0.2) is 83.0 Å². The van der Waals surface area contributed by atoms with E-state index >= 15 is 0 Å². The number of nitro benzene ring substituents is 1. The van der Waals surface area contributed by atoms with Gasteiger partial charge in [-0.15, -0.1) is 10.2 Å². The first-order valence-corrected chi connectivity index (χ1v) is 9.68. The van der Waals surface area contributed by atoms with Gasteiger partial charge in [0.1, 0.15) is 0 Å². The van der Waals surface area contributed by atoms with E-state index in [-0.39, 0.29) is 40.5 Å². The number of aromatic nitrogens is 1. The lowest BCUT2D eigenvalue weighted by molar-refractivity contribution is -0.384. The summed E-state index contributed by atoms with van der Waals surface area (Å²) < 4.78 is 1.31. The third kappa shape index (κ3) is 4.30. The van der Waals surface area contributed by atoms with Gasteiger partial charge in [-0.05, 0) is 29.8 Å². The minimum absolute atomic E-state index is 0.0326. The number of hydrogen-bond donors (Lipinski definition) is 2. The average Bonchev–Trinajstić information content (AvgIpc) is 3.07. The van der Waals surface area contributed by atoms with Crippen molar-refractivity contribution in [2.75, 3.05) is 0 Å². The predicted octanol–water partition coefficient (Wildman–Crippen LogP) is 4.44. The Morgan fingerprint density at radius 1 is 0.818 bits per heavy atom. The molecule has 0 spiro atoms. The second-order valence-electron chi connectivity index (χ2n) is 7.10. The molecule has 1 aromatic heterocycles. The van der Waals surface area contributed by atoms with Crippen LogP contribution in [0.25, 0.3) is 10.8 Å². The Morgan fingerprint density at radius 2 is 1.45 bits per heavy atom. The smallest absolute Gasteiger partial charge is 0.295 e. The first kappa shape index (κ1) is 21.4. The number of hydrogen-bond acceptors (Lipinski definition) is 6. The number of fused-ring (bicyclic) bond motifs is 1. The van der Waals surface area contributed by atoms with Crippen molar-refractivity contribution in [1.82, 2.24) is 4.57 Å². The van der Waals surface area contributed by atoms with Crippen molar-refractivity contribution in [3.05, 3.63) is 99.6 Å². The number of amides is 2. The number of nitro groups is 1. The van der Waals surface area contributed by atoms with Crippen molar-refractivity contribution in [2.24, 2.45) is 10.2 Å². The summed E-state index contributed by atoms with van der Waals surface area (Å²) in [5, 5.41) is 39.3. The van der Waals surface area contributed by atoms with E-state index in [9.17, 15) is 29.9 Å². The molecular weight excluding hydrogens is 428 g/mol. The molecule has 0 unspecified atom stereocenters. The Morgan fingerprint density at radius 3 is 2.12 bits per heavy atom. The van der Waals surface area contributed by atoms with Crippen LogP contribution in [0.1, 0.15) is 26.3 Å². The maximum absolute atomic E-state index is 12.4. The maximum Gasteiger partial charge on any atom is 0.295 e. The molecule has 0 fully saturated rings. The number of carbonyl (C=O) groups is 2. The molecule has 2 amide bonds. The lowest BCUT2D eigenvalue weighted by Gasteiger charge is -2.06. The molecule has 10 heteroatoms. The fraction of sp³-hybridized carbons (Fsp3) is 0.0435. The molecule has 0 aliphatic heterocycles. The Kier molecular flexibility index (Phi) is 5.64. The molecule has 0 saturated heterocycles. The Hall–Kier alpha value is -4.86. The van der Waals surface area contributed by atoms with Crippen LogP contribution in [-0.2, 0) is 6.54 Å². The van der Waals surface area contributed by atoms with E-state index in [2.05, 4.69) is 10.2 Å². The van der Waals surface area contributed by atoms with E-state index in [0.717, 1.165) is 11.6 Å². The number of carbonyl (C=O) groups excluding carboxylic acids is 2. The van der Waals surface area contributed by atoms with Gasteiger partial charge in [0.2, 0.25) is 11.8 Å². The summed E-state index contributed by atoms with van der Waals surface area (Å²) in [6.45, 7) is 0.216. The maximum atomic E-state index is 12.4. The Labute approximate surface area is 186 Å². The Bertz CT molecular complexity index is 1430. The number of benzene rings is 3. The molecule has 164 valence electrons. The fourth-order valence-corrected chi connectivity index (χ4v) is 3.32. The van der Waals surface area contributed by atoms with Crippen LogP contribution in [0, 0.1) is 10.1 Å². The number of nitrogens with zero attached hydrogens (tertiary/aromatic N) is 4. The molecule has 1 heterocycles. The molecule has 0 aliphatic carbocycles. The van der Waals surface area contributed by atoms with Gasteiger partial charge in [-0.3, -0.25) is 24.3 Å². The molecule has 10 nitrogen and oxygen atoms in total. The van der Waals surface area contributed by atoms with Crippen molar-refractivity contribution in [2.45, 2.75) is 6.54 Å². The molecule has 4 aromatic rings. The molecular formula is C23H16N4O6. The SMILES string of the molecule is O=C(N=NC(=O)c1ccc2c(O)n(Cc3ccccc3)c(O)c2c1)c1cccc([N+](=O)[O-])c1. The summed E-state index contributed by atoms with van der Waals surface area (Å²) in [5.74, 6) is -2.16. The van der Waals surface area contributed by atoms with E-state index < -0.39 is 16.7 Å². The van der Waals surface area contributed by atoms with Crippen molar-refractivity contribution in [3.8, 4) is 11.8 Å². The zero-order valence-corrected chi connectivity index (χ0v) is 17.0. The van der Waals surface area contributed by atoms with Crippen LogP contribution in [0.4, 0.5) is 5.69 Å². The van der Waals surface area contributed by atoms with Gasteiger partial charge in [0.15, 0.2) is 0 Å². The molecule has 2 N–H and O–H groups in total. The Balaban J connectivity index is 1.59. The summed E-state index contributed by atoms with van der Waals surface area (Å²) in [6, 6.07) is 18.3. The molecule has 0 bridgehead atoms. The molecule has 0 saturated carbocycles. The van der Waals surface area contributed by atoms with Crippen molar-refractivity contribution < 1.29 is 24.7 Å². The highest BCUT2D eigenvalue weighted by Gasteiger charge is 2.18. The monoisotopic (exact) mass is 444 g/mol. The molecule has 3 aromatic carbocycles. The summed E-state index contributed by atoms with van der Waals surface area (Å²) in [5.41, 5.74) is 0.512. The van der Waals surface area contributed by atoms with Crippen LogP contribution in [0.2, 0.25) is 0 Å². The van der Waals surface area contributed by atoms with Crippen LogP contribution in [0.3, 0.4) is 0 Å². The number of azo groups is 1. The normalized spacial score (nSPS) is 11.2. The first-order chi connectivity index (χ1) is 15.8. The minimum Gasteiger partial charge on any atom is -0.494 e. The van der Waals surface area contributed by atoms with Crippen LogP contribution in [0.5, 0.6) is 11.8 Å². The molecule has 0 aliphatic rings. The topological polar surface area (TPSA) is 147 Å². The van der Waals surface area contributed by atoms with Gasteiger partial charge in [0.05, 0.1) is 17.0 Å². The first-order valence-electron chi connectivity index (χ1n) is 9.68. The largest absolute Gasteiger partial charge is 0.494 e. The van der Waals surface area contributed by atoms with Gasteiger partial charge in [0, 0.05) is 28.5 Å². The van der Waals surface area contributed by atoms with Gasteiger partial charge in [0.25, 0.3) is 17.5 Å². The quantitative estimate of drug-likeness (QED) is 0.264.